The molecule has 0 saturated heterocycles. The average Bonchev–Trinajstić information content (AvgIpc) is 3.53. The third-order valence-corrected chi connectivity index (χ3v) is 10.6. The van der Waals surface area contributed by atoms with E-state index in [4.69, 9.17) is 0 Å². The van der Waals surface area contributed by atoms with Gasteiger partial charge in [0.2, 0.25) is 0 Å². The van der Waals surface area contributed by atoms with Crippen LogP contribution in [0.4, 0.5) is 0 Å². The highest BCUT2D eigenvalue weighted by atomic mass is 79.9. The van der Waals surface area contributed by atoms with Gasteiger partial charge in [0.25, 0.3) is 0 Å². The maximum Gasteiger partial charge on any atom is 0.0964 e. The fourth-order valence-corrected chi connectivity index (χ4v) is 9.27. The highest BCUT2D eigenvalue weighted by molar-refractivity contribution is 9.11. The molecule has 0 saturated carbocycles. The zero-order valence-corrected chi connectivity index (χ0v) is 19.8. The van der Waals surface area contributed by atoms with Crippen LogP contribution in [0.5, 0.6) is 0 Å². The molecule has 1 aliphatic heterocycles. The number of rotatable bonds is 2. The number of benzene rings is 2. The van der Waals surface area contributed by atoms with E-state index in [0.29, 0.717) is 5.92 Å². The van der Waals surface area contributed by atoms with Crippen molar-refractivity contribution in [2.75, 3.05) is 0 Å². The van der Waals surface area contributed by atoms with Gasteiger partial charge in [-0.3, -0.25) is 0 Å². The summed E-state index contributed by atoms with van der Waals surface area (Å²) >= 11 is 9.43. The van der Waals surface area contributed by atoms with Gasteiger partial charge in [-0.05, 0) is 79.0 Å². The minimum Gasteiger partial charge on any atom is -0.143 e. The minimum atomic E-state index is -0.160. The molecule has 0 unspecified atom stereocenters. The number of hydrogen-bond donors (Lipinski definition) is 0. The van der Waals surface area contributed by atoms with Crippen molar-refractivity contribution >= 4 is 60.8 Å². The Morgan fingerprint density at radius 2 is 1.50 bits per heavy atom. The van der Waals surface area contributed by atoms with E-state index in [-0.39, 0.29) is 4.75 Å². The summed E-state index contributed by atoms with van der Waals surface area (Å²) in [5.74, 6) is 0.291. The minimum absolute atomic E-state index is 0.160. The van der Waals surface area contributed by atoms with E-state index in [2.05, 4.69) is 100 Å². The van der Waals surface area contributed by atoms with Crippen LogP contribution in [0, 0.1) is 0 Å². The molecule has 0 nitrogen and oxygen atoms in total. The summed E-state index contributed by atoms with van der Waals surface area (Å²) in [6.45, 7) is 0. The van der Waals surface area contributed by atoms with Crippen molar-refractivity contribution < 1.29 is 0 Å². The Balaban J connectivity index is 1.62. The van der Waals surface area contributed by atoms with Gasteiger partial charge in [0.05, 0.1) is 8.53 Å². The predicted octanol–water partition coefficient (Wildman–Crippen LogP) is 8.52. The summed E-state index contributed by atoms with van der Waals surface area (Å²) in [5, 5.41) is 2.18. The van der Waals surface area contributed by atoms with Crippen LogP contribution in [0.25, 0.3) is 10.5 Å². The first kappa shape index (κ1) is 17.8. The lowest BCUT2D eigenvalue weighted by Crippen LogP contribution is -2.37. The third kappa shape index (κ3) is 2.18. The van der Waals surface area contributed by atoms with Crippen LogP contribution in [0.3, 0.4) is 0 Å². The van der Waals surface area contributed by atoms with Crippen LogP contribution in [-0.2, 0) is 4.75 Å². The molecule has 2 aromatic heterocycles. The molecule has 0 N–H and O–H groups in total. The Labute approximate surface area is 196 Å². The van der Waals surface area contributed by atoms with Gasteiger partial charge in [-0.1, -0.05) is 54.6 Å². The van der Waals surface area contributed by atoms with Crippen LogP contribution in [0.1, 0.15) is 37.9 Å². The second kappa shape index (κ2) is 6.33. The van der Waals surface area contributed by atoms with Gasteiger partial charge >= 0.3 is 0 Å². The summed E-state index contributed by atoms with van der Waals surface area (Å²) in [6.07, 6.45) is 2.48. The van der Waals surface area contributed by atoms with E-state index >= 15 is 0 Å². The van der Waals surface area contributed by atoms with Gasteiger partial charge < -0.3 is 0 Å². The Kier molecular flexibility index (Phi) is 3.76. The number of allylic oxidation sites excluding steroid dienone is 2. The first-order chi connectivity index (χ1) is 14.8. The molecule has 0 amide bonds. The van der Waals surface area contributed by atoms with Gasteiger partial charge in [-0.15, -0.1) is 34.4 Å². The second-order valence-corrected chi connectivity index (χ2v) is 12.5. The lowest BCUT2D eigenvalue weighted by molar-refractivity contribution is 0.763. The zero-order chi connectivity index (χ0) is 19.9. The maximum atomic E-state index is 3.71. The molecule has 144 valence electrons. The fourth-order valence-electron chi connectivity index (χ4n) is 5.34. The molecule has 0 fully saturated rings. The van der Waals surface area contributed by atoms with Crippen LogP contribution >= 0.6 is 50.4 Å². The van der Waals surface area contributed by atoms with Gasteiger partial charge in [0.15, 0.2) is 0 Å². The van der Waals surface area contributed by atoms with Crippen molar-refractivity contribution in [2.24, 2.45) is 0 Å². The van der Waals surface area contributed by atoms with Crippen LogP contribution < -0.4 is 0 Å². The largest absolute Gasteiger partial charge is 0.143 e. The molecule has 0 radical (unpaired) electrons. The van der Waals surface area contributed by atoms with Crippen LogP contribution in [-0.4, -0.2) is 0 Å². The molecule has 4 aromatic rings. The molecule has 8 rings (SSSR count). The van der Waals surface area contributed by atoms with E-state index in [1.807, 2.05) is 34.4 Å². The Bertz CT molecular complexity index is 1340. The zero-order valence-electron chi connectivity index (χ0n) is 15.8. The van der Waals surface area contributed by atoms with Crippen molar-refractivity contribution in [3.63, 3.8) is 0 Å². The van der Waals surface area contributed by atoms with Gasteiger partial charge in [0.1, 0.15) is 0 Å². The van der Waals surface area contributed by atoms with Crippen molar-refractivity contribution in [3.05, 3.63) is 126 Å². The van der Waals surface area contributed by atoms with E-state index in [0.717, 1.165) is 0 Å². The molecule has 2 aromatic carbocycles. The summed E-state index contributed by atoms with van der Waals surface area (Å²) in [7, 11) is 0. The van der Waals surface area contributed by atoms with Crippen LogP contribution in [0.2, 0.25) is 0 Å². The molecule has 1 spiro atoms. The molecule has 2 bridgehead atoms. The average molecular weight is 504 g/mol. The Morgan fingerprint density at radius 3 is 2.13 bits per heavy atom. The van der Waals surface area contributed by atoms with E-state index in [1.54, 1.807) is 0 Å². The SMILES string of the molecule is Brc1ccc(C2=C3C=C(c4cccs4)SC34c3ccccc3C2c2ccccc24)s1. The Morgan fingerprint density at radius 1 is 0.767 bits per heavy atom. The lowest BCUT2D eigenvalue weighted by atomic mass is 9.60. The van der Waals surface area contributed by atoms with Crippen molar-refractivity contribution in [1.29, 1.82) is 0 Å². The van der Waals surface area contributed by atoms with Crippen LogP contribution in [0.15, 0.2) is 93.6 Å². The number of thiophene rings is 2. The van der Waals surface area contributed by atoms with Crippen molar-refractivity contribution in [3.8, 4) is 0 Å². The summed E-state index contributed by atoms with van der Waals surface area (Å²) < 4.78 is 1.03. The first-order valence-corrected chi connectivity index (χ1v) is 13.2. The standard InChI is InChI=1S/C26H15BrS3/c27-23-12-11-21(29-23)25-19-14-22(20-10-5-13-28-20)30-26(19)17-8-3-1-6-15(17)24(25)16-7-2-4-9-18(16)26/h1-14,24H. The molecule has 4 heteroatoms. The summed E-state index contributed by atoms with van der Waals surface area (Å²) in [6, 6.07) is 27.1. The quantitative estimate of drug-likeness (QED) is 0.264. The van der Waals surface area contributed by atoms with E-state index in [9.17, 15) is 0 Å². The van der Waals surface area contributed by atoms with Gasteiger partial charge in [-0.2, -0.15) is 0 Å². The molecular formula is C26H15BrS3. The van der Waals surface area contributed by atoms with Crippen molar-refractivity contribution in [1.82, 2.24) is 0 Å². The van der Waals surface area contributed by atoms with Gasteiger partial charge in [0, 0.05) is 20.6 Å². The Hall–Kier alpha value is -1.85. The monoisotopic (exact) mass is 502 g/mol. The smallest absolute Gasteiger partial charge is 0.0964 e. The highest BCUT2D eigenvalue weighted by Crippen LogP contribution is 2.71. The summed E-state index contributed by atoms with van der Waals surface area (Å²) in [5.41, 5.74) is 8.84. The fraction of sp³-hybridized carbons (Fsp3) is 0.0769. The number of halogens is 1. The van der Waals surface area contributed by atoms with Gasteiger partial charge in [-0.25, -0.2) is 0 Å². The lowest BCUT2D eigenvalue weighted by Gasteiger charge is -2.48. The third-order valence-electron chi connectivity index (χ3n) is 6.40. The topological polar surface area (TPSA) is 0 Å². The summed E-state index contributed by atoms with van der Waals surface area (Å²) in [4.78, 5) is 4.13. The normalized spacial score (nSPS) is 23.2. The highest BCUT2D eigenvalue weighted by Gasteiger charge is 2.56. The van der Waals surface area contributed by atoms with E-state index in [1.165, 1.54) is 51.8 Å². The predicted molar refractivity (Wildman–Crippen MR) is 134 cm³/mol. The maximum absolute atomic E-state index is 3.71. The molecule has 30 heavy (non-hydrogen) atoms. The van der Waals surface area contributed by atoms with Crippen molar-refractivity contribution in [2.45, 2.75) is 10.7 Å². The number of thioether (sulfide) groups is 1. The second-order valence-electron chi connectivity index (χ2n) is 7.81. The van der Waals surface area contributed by atoms with E-state index < -0.39 is 0 Å². The molecular weight excluding hydrogens is 488 g/mol. The molecule has 4 aliphatic rings. The number of hydrogen-bond acceptors (Lipinski definition) is 3. The molecule has 3 heterocycles. The molecule has 0 atom stereocenters. The first-order valence-electron chi connectivity index (χ1n) is 9.91. The molecule has 3 aliphatic carbocycles.